The monoisotopic (exact) mass is 418 g/mol. The Hall–Kier alpha value is -1.95. The van der Waals surface area contributed by atoms with Crippen LogP contribution in [-0.4, -0.2) is 40.2 Å². The van der Waals surface area contributed by atoms with Gasteiger partial charge in [0.05, 0.1) is 5.52 Å². The molecule has 2 fully saturated rings. The second-order valence-electron chi connectivity index (χ2n) is 10.4. The molecule has 0 N–H and O–H groups in total. The van der Waals surface area contributed by atoms with Gasteiger partial charge in [-0.3, -0.25) is 9.47 Å². The Morgan fingerprint density at radius 3 is 2.33 bits per heavy atom. The third-order valence-electron chi connectivity index (χ3n) is 6.65. The van der Waals surface area contributed by atoms with Gasteiger partial charge in [-0.1, -0.05) is 6.07 Å². The summed E-state index contributed by atoms with van der Waals surface area (Å²) in [6.45, 7) is 12.2. The Morgan fingerprint density at radius 1 is 1.13 bits per heavy atom. The van der Waals surface area contributed by atoms with Gasteiger partial charge in [0, 0.05) is 31.0 Å². The fourth-order valence-corrected chi connectivity index (χ4v) is 5.25. The quantitative estimate of drug-likeness (QED) is 0.595. The van der Waals surface area contributed by atoms with Gasteiger partial charge >= 0.3 is 6.09 Å². The molecular formula is C24H32F2N2O2. The van der Waals surface area contributed by atoms with E-state index in [0.717, 1.165) is 48.9 Å². The highest BCUT2D eigenvalue weighted by Gasteiger charge is 2.56. The van der Waals surface area contributed by atoms with Gasteiger partial charge in [0.1, 0.15) is 5.60 Å². The van der Waals surface area contributed by atoms with Gasteiger partial charge in [0.25, 0.3) is 0 Å². The number of carbonyl (C=O) groups excluding carboxylic acids is 1. The molecule has 1 spiro atoms. The van der Waals surface area contributed by atoms with E-state index >= 15 is 0 Å². The molecule has 2 aliphatic rings. The number of benzene rings is 1. The average molecular weight is 419 g/mol. The van der Waals surface area contributed by atoms with Crippen molar-refractivity contribution in [2.45, 2.75) is 78.4 Å². The Morgan fingerprint density at radius 2 is 1.77 bits per heavy atom. The van der Waals surface area contributed by atoms with Crippen molar-refractivity contribution >= 4 is 17.0 Å². The molecule has 1 aromatic carbocycles. The van der Waals surface area contributed by atoms with Crippen LogP contribution in [0.4, 0.5) is 13.6 Å². The third kappa shape index (κ3) is 3.98. The molecule has 0 amide bonds. The lowest BCUT2D eigenvalue weighted by Crippen LogP contribution is -2.52. The highest BCUT2D eigenvalue weighted by atomic mass is 19.3. The number of alkyl halides is 2. The molecule has 164 valence electrons. The Labute approximate surface area is 177 Å². The fraction of sp³-hybridized carbons (Fsp3) is 0.625. The summed E-state index contributed by atoms with van der Waals surface area (Å²) in [7, 11) is 0. The zero-order valence-electron chi connectivity index (χ0n) is 18.6. The molecule has 1 aliphatic heterocycles. The van der Waals surface area contributed by atoms with Gasteiger partial charge < -0.3 is 4.74 Å². The number of hydrogen-bond acceptors (Lipinski definition) is 3. The van der Waals surface area contributed by atoms with Gasteiger partial charge in [-0.2, -0.15) is 0 Å². The van der Waals surface area contributed by atoms with Crippen LogP contribution in [0.5, 0.6) is 0 Å². The van der Waals surface area contributed by atoms with Crippen molar-refractivity contribution in [1.29, 1.82) is 0 Å². The van der Waals surface area contributed by atoms with E-state index in [-0.39, 0.29) is 24.3 Å². The molecular weight excluding hydrogens is 386 g/mol. The molecule has 2 aromatic rings. The third-order valence-corrected chi connectivity index (χ3v) is 6.65. The minimum absolute atomic E-state index is 0.0559. The number of piperidine rings is 1. The maximum absolute atomic E-state index is 13.4. The maximum Gasteiger partial charge on any atom is 0.418 e. The zero-order valence-corrected chi connectivity index (χ0v) is 18.6. The maximum atomic E-state index is 13.4. The standard InChI is InChI=1S/C24H32F2N2O2/c1-16-12-17(2)20-18(6-9-28(20)21(29)30-22(3,4)5)19(16)13-27-10-7-23(8-11-27)14-24(25,26)15-23/h6,9,12H,7-8,10-11,13-15H2,1-5H3. The number of ether oxygens (including phenoxy) is 1. The summed E-state index contributed by atoms with van der Waals surface area (Å²) in [6, 6.07) is 4.11. The molecule has 4 rings (SSSR count). The van der Waals surface area contributed by atoms with E-state index < -0.39 is 11.5 Å². The summed E-state index contributed by atoms with van der Waals surface area (Å²) >= 11 is 0. The summed E-state index contributed by atoms with van der Waals surface area (Å²) in [5.74, 6) is -2.45. The number of carbonyl (C=O) groups is 1. The molecule has 1 aliphatic carbocycles. The van der Waals surface area contributed by atoms with Crippen molar-refractivity contribution in [2.24, 2.45) is 5.41 Å². The van der Waals surface area contributed by atoms with E-state index in [2.05, 4.69) is 17.9 Å². The van der Waals surface area contributed by atoms with E-state index in [1.165, 1.54) is 11.1 Å². The zero-order chi connectivity index (χ0) is 21.9. The van der Waals surface area contributed by atoms with E-state index in [9.17, 15) is 13.6 Å². The summed E-state index contributed by atoms with van der Waals surface area (Å²) < 4.78 is 34.0. The average Bonchev–Trinajstić information content (AvgIpc) is 3.03. The predicted molar refractivity (Wildman–Crippen MR) is 114 cm³/mol. The number of hydrogen-bond donors (Lipinski definition) is 0. The molecule has 1 saturated carbocycles. The molecule has 4 nitrogen and oxygen atoms in total. The van der Waals surface area contributed by atoms with Crippen molar-refractivity contribution < 1.29 is 18.3 Å². The van der Waals surface area contributed by atoms with E-state index in [1.54, 1.807) is 10.8 Å². The van der Waals surface area contributed by atoms with Crippen LogP contribution in [0, 0.1) is 19.3 Å². The Kier molecular flexibility index (Phi) is 5.00. The normalized spacial score (nSPS) is 21.0. The number of likely N-dealkylation sites (tertiary alicyclic amines) is 1. The van der Waals surface area contributed by atoms with Gasteiger partial charge in [-0.15, -0.1) is 0 Å². The van der Waals surface area contributed by atoms with Gasteiger partial charge in [0.2, 0.25) is 5.92 Å². The van der Waals surface area contributed by atoms with Crippen LogP contribution in [0.15, 0.2) is 18.3 Å². The van der Waals surface area contributed by atoms with Gasteiger partial charge in [-0.05, 0) is 88.7 Å². The van der Waals surface area contributed by atoms with Crippen molar-refractivity contribution in [1.82, 2.24) is 9.47 Å². The molecule has 1 aromatic heterocycles. The van der Waals surface area contributed by atoms with Crippen molar-refractivity contribution in [2.75, 3.05) is 13.1 Å². The first kappa shape index (κ1) is 21.3. The first-order valence-electron chi connectivity index (χ1n) is 10.8. The minimum atomic E-state index is -2.45. The van der Waals surface area contributed by atoms with Gasteiger partial charge in [0.15, 0.2) is 0 Å². The molecule has 0 bridgehead atoms. The van der Waals surface area contributed by atoms with E-state index in [4.69, 9.17) is 4.74 Å². The fourth-order valence-electron chi connectivity index (χ4n) is 5.25. The second kappa shape index (κ2) is 7.04. The van der Waals surface area contributed by atoms with Crippen LogP contribution in [0.1, 0.15) is 63.1 Å². The molecule has 2 heterocycles. The lowest BCUT2D eigenvalue weighted by atomic mass is 9.61. The lowest BCUT2D eigenvalue weighted by Gasteiger charge is -2.51. The van der Waals surface area contributed by atoms with E-state index in [0.29, 0.717) is 0 Å². The van der Waals surface area contributed by atoms with Crippen LogP contribution in [0.25, 0.3) is 10.9 Å². The number of aryl methyl sites for hydroxylation is 2. The van der Waals surface area contributed by atoms with Crippen molar-refractivity contribution in [3.05, 3.63) is 35.0 Å². The van der Waals surface area contributed by atoms with Crippen LogP contribution in [0.3, 0.4) is 0 Å². The molecule has 6 heteroatoms. The summed E-state index contributed by atoms with van der Waals surface area (Å²) in [4.78, 5) is 15.1. The minimum Gasteiger partial charge on any atom is -0.443 e. The highest BCUT2D eigenvalue weighted by molar-refractivity contribution is 5.94. The number of halogens is 2. The summed E-state index contributed by atoms with van der Waals surface area (Å²) in [5, 5.41) is 1.06. The highest BCUT2D eigenvalue weighted by Crippen LogP contribution is 2.57. The first-order chi connectivity index (χ1) is 13.9. The molecule has 0 unspecified atom stereocenters. The number of nitrogens with zero attached hydrogens (tertiary/aromatic N) is 2. The number of aromatic nitrogens is 1. The van der Waals surface area contributed by atoms with E-state index in [1.807, 2.05) is 33.8 Å². The van der Waals surface area contributed by atoms with Gasteiger partial charge in [-0.25, -0.2) is 13.6 Å². The molecule has 0 atom stereocenters. The topological polar surface area (TPSA) is 34.5 Å². The predicted octanol–water partition coefficient (Wildman–Crippen LogP) is 6.05. The second-order valence-corrected chi connectivity index (χ2v) is 10.4. The smallest absolute Gasteiger partial charge is 0.418 e. The van der Waals surface area contributed by atoms with Crippen molar-refractivity contribution in [3.8, 4) is 0 Å². The molecule has 30 heavy (non-hydrogen) atoms. The van der Waals surface area contributed by atoms with Crippen LogP contribution in [0.2, 0.25) is 0 Å². The lowest BCUT2D eigenvalue weighted by molar-refractivity contribution is -0.178. The SMILES string of the molecule is Cc1cc(C)c2c(ccn2C(=O)OC(C)(C)C)c1CN1CCC2(CC1)CC(F)(F)C2. The Bertz CT molecular complexity index is 969. The largest absolute Gasteiger partial charge is 0.443 e. The molecule has 0 radical (unpaired) electrons. The van der Waals surface area contributed by atoms with Crippen LogP contribution in [-0.2, 0) is 11.3 Å². The van der Waals surface area contributed by atoms with Crippen LogP contribution < -0.4 is 0 Å². The number of rotatable bonds is 2. The molecule has 1 saturated heterocycles. The Balaban J connectivity index is 1.56. The number of fused-ring (bicyclic) bond motifs is 1. The summed E-state index contributed by atoms with van der Waals surface area (Å²) in [5.41, 5.74) is 3.62. The van der Waals surface area contributed by atoms with Crippen molar-refractivity contribution in [3.63, 3.8) is 0 Å². The van der Waals surface area contributed by atoms with Crippen LogP contribution >= 0.6 is 0 Å². The summed E-state index contributed by atoms with van der Waals surface area (Å²) in [6.07, 6.45) is 3.21. The first-order valence-corrected chi connectivity index (χ1v) is 10.8.